The van der Waals surface area contributed by atoms with Crippen molar-refractivity contribution in [3.05, 3.63) is 36.4 Å². The van der Waals surface area contributed by atoms with Crippen molar-refractivity contribution in [2.24, 2.45) is 0 Å². The molecule has 2 aromatic rings. The van der Waals surface area contributed by atoms with Gasteiger partial charge in [-0.2, -0.15) is 0 Å². The van der Waals surface area contributed by atoms with E-state index in [1.807, 2.05) is 19.3 Å². The van der Waals surface area contributed by atoms with Crippen LogP contribution in [0.4, 0.5) is 5.95 Å². The number of nitrogens with zero attached hydrogens (tertiary/aromatic N) is 5. The normalized spacial score (nSPS) is 26.7. The van der Waals surface area contributed by atoms with E-state index in [-0.39, 0.29) is 11.7 Å². The molecular formula is C17H21N5O2. The lowest BCUT2D eigenvalue weighted by Crippen LogP contribution is -2.48. The summed E-state index contributed by atoms with van der Waals surface area (Å²) < 4.78 is 12.0. The molecule has 4 heterocycles. The molecular weight excluding hydrogens is 306 g/mol. The number of hydrogen-bond donors (Lipinski definition) is 0. The van der Waals surface area contributed by atoms with E-state index in [0.29, 0.717) is 12.6 Å². The Hall–Kier alpha value is -2.28. The molecule has 0 aromatic carbocycles. The number of aromatic nitrogens is 4. The highest BCUT2D eigenvalue weighted by Crippen LogP contribution is 2.36. The highest BCUT2D eigenvalue weighted by atomic mass is 16.6. The van der Waals surface area contributed by atoms with Crippen molar-refractivity contribution < 1.29 is 9.47 Å². The summed E-state index contributed by atoms with van der Waals surface area (Å²) in [5.74, 6) is 0.777. The first-order valence-corrected chi connectivity index (χ1v) is 8.34. The molecule has 0 saturated carbocycles. The zero-order valence-corrected chi connectivity index (χ0v) is 13.8. The molecule has 7 heteroatoms. The fourth-order valence-electron chi connectivity index (χ4n) is 3.48. The topological polar surface area (TPSA) is 73.3 Å². The predicted molar refractivity (Wildman–Crippen MR) is 88.0 cm³/mol. The third-order valence-corrected chi connectivity index (χ3v) is 4.58. The van der Waals surface area contributed by atoms with Gasteiger partial charge in [0.1, 0.15) is 6.10 Å². The Kier molecular flexibility index (Phi) is 4.02. The quantitative estimate of drug-likeness (QED) is 0.851. The summed E-state index contributed by atoms with van der Waals surface area (Å²) in [7, 11) is 0. The van der Waals surface area contributed by atoms with Crippen LogP contribution in [0.25, 0.3) is 0 Å². The van der Waals surface area contributed by atoms with Crippen LogP contribution in [0, 0.1) is 6.92 Å². The maximum atomic E-state index is 6.16. The number of ether oxygens (including phenoxy) is 2. The molecule has 7 nitrogen and oxygen atoms in total. The first-order chi connectivity index (χ1) is 11.7. The van der Waals surface area contributed by atoms with Crippen LogP contribution in [-0.2, 0) is 4.74 Å². The van der Waals surface area contributed by atoms with E-state index < -0.39 is 0 Å². The summed E-state index contributed by atoms with van der Waals surface area (Å²) in [5.41, 5.74) is 0.880. The largest absolute Gasteiger partial charge is 0.458 e. The lowest BCUT2D eigenvalue weighted by molar-refractivity contribution is -0.00858. The fraction of sp³-hybridized carbons (Fsp3) is 0.529. The maximum absolute atomic E-state index is 6.16. The van der Waals surface area contributed by atoms with E-state index in [1.54, 1.807) is 18.5 Å². The average Bonchev–Trinajstić information content (AvgIpc) is 2.98. The van der Waals surface area contributed by atoms with E-state index in [2.05, 4.69) is 24.8 Å². The van der Waals surface area contributed by atoms with E-state index >= 15 is 0 Å². The van der Waals surface area contributed by atoms with Gasteiger partial charge in [0.2, 0.25) is 5.95 Å². The summed E-state index contributed by atoms with van der Waals surface area (Å²) in [6.07, 6.45) is 10.0. The average molecular weight is 327 g/mol. The second-order valence-corrected chi connectivity index (χ2v) is 6.55. The Bertz CT molecular complexity index is 681. The van der Waals surface area contributed by atoms with Crippen molar-refractivity contribution in [2.75, 3.05) is 24.6 Å². The third-order valence-electron chi connectivity index (χ3n) is 4.58. The van der Waals surface area contributed by atoms with Crippen molar-refractivity contribution in [3.63, 3.8) is 0 Å². The van der Waals surface area contributed by atoms with Crippen molar-refractivity contribution in [1.29, 1.82) is 0 Å². The van der Waals surface area contributed by atoms with Gasteiger partial charge >= 0.3 is 6.01 Å². The minimum absolute atomic E-state index is 0.00807. The Morgan fingerprint density at radius 2 is 2.00 bits per heavy atom. The fourth-order valence-corrected chi connectivity index (χ4v) is 3.48. The molecule has 0 bridgehead atoms. The number of piperidine rings is 1. The van der Waals surface area contributed by atoms with Crippen LogP contribution in [0.15, 0.2) is 30.9 Å². The number of rotatable bonds is 3. The second-order valence-electron chi connectivity index (χ2n) is 6.55. The van der Waals surface area contributed by atoms with Crippen molar-refractivity contribution >= 4 is 5.95 Å². The van der Waals surface area contributed by atoms with Crippen LogP contribution in [0.1, 0.15) is 24.8 Å². The van der Waals surface area contributed by atoms with Crippen molar-refractivity contribution in [2.45, 2.75) is 37.9 Å². The van der Waals surface area contributed by atoms with E-state index in [1.165, 1.54) is 0 Å². The Labute approximate surface area is 141 Å². The van der Waals surface area contributed by atoms with E-state index in [4.69, 9.17) is 9.47 Å². The van der Waals surface area contributed by atoms with E-state index in [9.17, 15) is 0 Å². The van der Waals surface area contributed by atoms with Gasteiger partial charge in [0.15, 0.2) is 0 Å². The second kappa shape index (κ2) is 6.32. The molecule has 2 unspecified atom stereocenters. The zero-order valence-electron chi connectivity index (χ0n) is 13.8. The number of hydrogen-bond acceptors (Lipinski definition) is 7. The first kappa shape index (κ1) is 15.3. The lowest BCUT2D eigenvalue weighted by atomic mass is 9.89. The van der Waals surface area contributed by atoms with Gasteiger partial charge in [0.25, 0.3) is 0 Å². The summed E-state index contributed by atoms with van der Waals surface area (Å²) in [4.78, 5) is 19.4. The Balaban J connectivity index is 1.43. The highest BCUT2D eigenvalue weighted by molar-refractivity contribution is 5.32. The Morgan fingerprint density at radius 3 is 2.79 bits per heavy atom. The lowest BCUT2D eigenvalue weighted by Gasteiger charge is -2.39. The Morgan fingerprint density at radius 1 is 1.21 bits per heavy atom. The maximum Gasteiger partial charge on any atom is 0.316 e. The molecule has 126 valence electrons. The number of anilines is 1. The van der Waals surface area contributed by atoms with Gasteiger partial charge in [-0.05, 0) is 31.4 Å². The molecule has 2 aliphatic rings. The zero-order chi connectivity index (χ0) is 16.4. The molecule has 2 atom stereocenters. The van der Waals surface area contributed by atoms with Crippen LogP contribution in [0.3, 0.4) is 0 Å². The predicted octanol–water partition coefficient (Wildman–Crippen LogP) is 1.78. The monoisotopic (exact) mass is 327 g/mol. The van der Waals surface area contributed by atoms with Gasteiger partial charge in [-0.1, -0.05) is 0 Å². The van der Waals surface area contributed by atoms with Gasteiger partial charge in [0, 0.05) is 44.3 Å². The summed E-state index contributed by atoms with van der Waals surface area (Å²) in [6, 6.07) is 2.19. The van der Waals surface area contributed by atoms with Crippen LogP contribution in [-0.4, -0.2) is 51.3 Å². The van der Waals surface area contributed by atoms with Gasteiger partial charge in [-0.3, -0.25) is 0 Å². The molecule has 24 heavy (non-hydrogen) atoms. The summed E-state index contributed by atoms with van der Waals surface area (Å²) >= 11 is 0. The first-order valence-electron chi connectivity index (χ1n) is 8.34. The van der Waals surface area contributed by atoms with Crippen LogP contribution >= 0.6 is 0 Å². The van der Waals surface area contributed by atoms with Gasteiger partial charge in [-0.15, -0.1) is 0 Å². The van der Waals surface area contributed by atoms with Crippen molar-refractivity contribution in [3.8, 4) is 6.01 Å². The minimum Gasteiger partial charge on any atom is -0.458 e. The minimum atomic E-state index is -0.189. The number of aryl methyl sites for hydroxylation is 1. The van der Waals surface area contributed by atoms with Crippen LogP contribution < -0.4 is 9.64 Å². The van der Waals surface area contributed by atoms with E-state index in [0.717, 1.165) is 43.9 Å². The standard InChI is InChI=1S/C17H21N5O2/c1-13-9-20-15(21-10-13)22-7-2-4-17(12-22)8-14(11-23-17)24-16-18-5-3-6-19-16/h3,5-6,9-10,14H,2,4,7-8,11-12H2,1H3. The smallest absolute Gasteiger partial charge is 0.316 e. The molecule has 0 N–H and O–H groups in total. The molecule has 0 amide bonds. The van der Waals surface area contributed by atoms with Crippen LogP contribution in [0.5, 0.6) is 6.01 Å². The SMILES string of the molecule is Cc1cnc(N2CCCC3(CC(Oc4ncccn4)CO3)C2)nc1. The van der Waals surface area contributed by atoms with Gasteiger partial charge in [-0.25, -0.2) is 19.9 Å². The molecule has 1 spiro atoms. The third kappa shape index (κ3) is 3.17. The molecule has 4 rings (SSSR count). The molecule has 2 aromatic heterocycles. The molecule has 0 radical (unpaired) electrons. The highest BCUT2D eigenvalue weighted by Gasteiger charge is 2.45. The summed E-state index contributed by atoms with van der Waals surface area (Å²) in [6.45, 7) is 4.32. The van der Waals surface area contributed by atoms with Gasteiger partial charge in [0.05, 0.1) is 12.2 Å². The molecule has 0 aliphatic carbocycles. The molecule has 2 fully saturated rings. The van der Waals surface area contributed by atoms with Crippen LogP contribution in [0.2, 0.25) is 0 Å². The molecule has 2 saturated heterocycles. The van der Waals surface area contributed by atoms with Gasteiger partial charge < -0.3 is 14.4 Å². The molecule has 2 aliphatic heterocycles. The summed E-state index contributed by atoms with van der Waals surface area (Å²) in [5, 5.41) is 0. The van der Waals surface area contributed by atoms with Crippen molar-refractivity contribution in [1.82, 2.24) is 19.9 Å².